The third-order valence-corrected chi connectivity index (χ3v) is 31.2. The van der Waals surface area contributed by atoms with Gasteiger partial charge in [0, 0.05) is 44.5 Å². The van der Waals surface area contributed by atoms with Gasteiger partial charge in [-0.25, -0.2) is 4.79 Å². The third-order valence-electron chi connectivity index (χ3n) is 17.0. The molecule has 10 unspecified atom stereocenters. The lowest BCUT2D eigenvalue weighted by Crippen LogP contribution is -2.46. The van der Waals surface area contributed by atoms with Crippen LogP contribution in [0.1, 0.15) is 155 Å². The molecule has 68 heavy (non-hydrogen) atoms. The van der Waals surface area contributed by atoms with Crippen molar-refractivity contribution in [1.82, 2.24) is 9.80 Å². The minimum atomic E-state index is -2.04. The van der Waals surface area contributed by atoms with E-state index in [0.717, 1.165) is 98.9 Å². The topological polar surface area (TPSA) is 99.3 Å². The molecule has 0 spiro atoms. The van der Waals surface area contributed by atoms with Gasteiger partial charge >= 0.3 is 12.1 Å². The number of hydrogen-bond acceptors (Lipinski definition) is 9. The van der Waals surface area contributed by atoms with Crippen LogP contribution in [0.25, 0.3) is 0 Å². The number of carbonyl (C=O) groups is 2. The number of epoxide rings is 1. The fourth-order valence-electron chi connectivity index (χ4n) is 11.0. The maximum absolute atomic E-state index is 14.1. The van der Waals surface area contributed by atoms with Crippen molar-refractivity contribution in [1.29, 1.82) is 0 Å². The molecule has 394 valence electrons. The molecule has 0 aromatic carbocycles. The molecule has 2 fully saturated rings. The number of ether oxygens (including phenoxy) is 3. The van der Waals surface area contributed by atoms with Crippen LogP contribution in [0.3, 0.4) is 0 Å². The van der Waals surface area contributed by atoms with Crippen LogP contribution < -0.4 is 0 Å². The Morgan fingerprint density at radius 2 is 1.46 bits per heavy atom. The van der Waals surface area contributed by atoms with E-state index in [-0.39, 0.29) is 54.7 Å². The van der Waals surface area contributed by atoms with Crippen molar-refractivity contribution < 1.29 is 37.1 Å². The summed E-state index contributed by atoms with van der Waals surface area (Å²) in [6.07, 6.45) is 16.7. The Bertz CT molecular complexity index is 1550. The fourth-order valence-corrected chi connectivity index (χ4v) is 20.0. The van der Waals surface area contributed by atoms with Crippen LogP contribution in [0.2, 0.25) is 54.4 Å². The Hall–Kier alpha value is -1.59. The van der Waals surface area contributed by atoms with Gasteiger partial charge in [0.05, 0.1) is 30.3 Å². The fraction of sp³-hybridized carbons (Fsp3) is 0.855. The number of likely N-dealkylation sites (N-methyl/N-ethyl adjacent to an activating group) is 1. The normalized spacial score (nSPS) is 27.4. The highest BCUT2D eigenvalue weighted by Gasteiger charge is 2.51. The number of carbonyl (C=O) groups excluding carboxylic acids is 2. The number of amides is 1. The molecule has 0 radical (unpaired) electrons. The maximum atomic E-state index is 14.1. The molecular formula is C55H104N2O8Si3. The molecule has 10 atom stereocenters. The lowest BCUT2D eigenvalue weighted by Gasteiger charge is -2.39. The molecule has 0 saturated carbocycles. The highest BCUT2D eigenvalue weighted by Crippen LogP contribution is 2.43. The number of hydrogen-bond donors (Lipinski definition) is 0. The average Bonchev–Trinajstić information content (AvgIpc) is 4.12. The molecule has 3 heterocycles. The molecule has 3 rings (SSSR count). The first-order chi connectivity index (χ1) is 32.3. The molecule has 3 aliphatic rings. The van der Waals surface area contributed by atoms with Gasteiger partial charge in [-0.3, -0.25) is 4.79 Å². The molecule has 0 aromatic rings. The molecule has 0 N–H and O–H groups in total. The Kier molecular flexibility index (Phi) is 26.1. The second kappa shape index (κ2) is 29.2. The Morgan fingerprint density at radius 3 is 2.01 bits per heavy atom. The van der Waals surface area contributed by atoms with Gasteiger partial charge in [-0.15, -0.1) is 0 Å². The van der Waals surface area contributed by atoms with Crippen molar-refractivity contribution in [3.8, 4) is 0 Å². The first-order valence-corrected chi connectivity index (χ1v) is 35.5. The zero-order chi connectivity index (χ0) is 50.7. The molecule has 2 saturated heterocycles. The van der Waals surface area contributed by atoms with Crippen LogP contribution in [0.15, 0.2) is 36.0 Å². The van der Waals surface area contributed by atoms with Crippen LogP contribution in [0, 0.1) is 17.8 Å². The van der Waals surface area contributed by atoms with E-state index >= 15 is 0 Å². The molecule has 0 aromatic heterocycles. The monoisotopic (exact) mass is 1000 g/mol. The van der Waals surface area contributed by atoms with Gasteiger partial charge in [0.15, 0.2) is 25.0 Å². The molecular weight excluding hydrogens is 901 g/mol. The van der Waals surface area contributed by atoms with E-state index in [4.69, 9.17) is 27.5 Å². The molecule has 0 bridgehead atoms. The molecule has 1 amide bonds. The van der Waals surface area contributed by atoms with Crippen LogP contribution in [-0.4, -0.2) is 122 Å². The SMILES string of the molecule is CCC(O[Si](CC)(CC)CC)C(C)C1OC1CC(C)(/C=C/C=C(\C)C1OC(=O)CC(O[Si](CC)(CC)CC)CCC(C)C(OC(=O)N(C)CCN2CCCCC2)/C=C\C1C)O[Si](CC)(CC)CC. The average molecular weight is 1010 g/mol. The van der Waals surface area contributed by atoms with Gasteiger partial charge in [-0.2, -0.15) is 0 Å². The van der Waals surface area contributed by atoms with Crippen LogP contribution in [0.4, 0.5) is 4.79 Å². The molecule has 10 nitrogen and oxygen atoms in total. The van der Waals surface area contributed by atoms with Gasteiger partial charge < -0.3 is 37.3 Å². The van der Waals surface area contributed by atoms with E-state index < -0.39 is 42.8 Å². The van der Waals surface area contributed by atoms with Gasteiger partial charge in [0.1, 0.15) is 12.2 Å². The Balaban J connectivity index is 1.96. The van der Waals surface area contributed by atoms with Crippen molar-refractivity contribution >= 4 is 37.0 Å². The summed E-state index contributed by atoms with van der Waals surface area (Å²) in [5, 5.41) is 0. The van der Waals surface area contributed by atoms with Crippen molar-refractivity contribution in [2.24, 2.45) is 17.8 Å². The van der Waals surface area contributed by atoms with Crippen LogP contribution >= 0.6 is 0 Å². The summed E-state index contributed by atoms with van der Waals surface area (Å²) in [6, 6.07) is 9.62. The predicted molar refractivity (Wildman–Crippen MR) is 291 cm³/mol. The zero-order valence-electron chi connectivity index (χ0n) is 46.6. The van der Waals surface area contributed by atoms with Crippen molar-refractivity contribution in [2.75, 3.05) is 33.2 Å². The highest BCUT2D eigenvalue weighted by molar-refractivity contribution is 6.74. The summed E-state index contributed by atoms with van der Waals surface area (Å²) in [6.45, 7) is 37.3. The van der Waals surface area contributed by atoms with E-state index in [9.17, 15) is 9.59 Å². The second-order valence-electron chi connectivity index (χ2n) is 21.5. The number of rotatable bonds is 27. The predicted octanol–water partition coefficient (Wildman–Crippen LogP) is 14.1. The van der Waals surface area contributed by atoms with Gasteiger partial charge in [-0.1, -0.05) is 121 Å². The minimum Gasteiger partial charge on any atom is -0.457 e. The maximum Gasteiger partial charge on any atom is 0.410 e. The van der Waals surface area contributed by atoms with Gasteiger partial charge in [0.25, 0.3) is 0 Å². The molecule has 3 aliphatic heterocycles. The first-order valence-electron chi connectivity index (χ1n) is 27.9. The number of cyclic esters (lactones) is 1. The summed E-state index contributed by atoms with van der Waals surface area (Å²) in [7, 11) is -3.99. The summed E-state index contributed by atoms with van der Waals surface area (Å²) in [4.78, 5) is 32.0. The van der Waals surface area contributed by atoms with E-state index in [1.807, 2.05) is 13.1 Å². The van der Waals surface area contributed by atoms with E-state index in [0.29, 0.717) is 18.9 Å². The minimum absolute atomic E-state index is 0.0268. The summed E-state index contributed by atoms with van der Waals surface area (Å²) in [5.41, 5.74) is 0.406. The van der Waals surface area contributed by atoms with Crippen LogP contribution in [-0.2, 0) is 32.3 Å². The lowest BCUT2D eigenvalue weighted by atomic mass is 9.91. The van der Waals surface area contributed by atoms with Gasteiger partial charge in [-0.05, 0) is 131 Å². The Labute approximate surface area is 420 Å². The quantitative estimate of drug-likeness (QED) is 0.0262. The van der Waals surface area contributed by atoms with Crippen LogP contribution in [0.5, 0.6) is 0 Å². The van der Waals surface area contributed by atoms with Gasteiger partial charge in [0.2, 0.25) is 0 Å². The van der Waals surface area contributed by atoms with E-state index in [1.165, 1.54) is 19.3 Å². The zero-order valence-corrected chi connectivity index (χ0v) is 49.6. The number of esters is 1. The number of allylic oxidation sites excluding steroid dienone is 2. The smallest absolute Gasteiger partial charge is 0.410 e. The van der Waals surface area contributed by atoms with Crippen molar-refractivity contribution in [3.05, 3.63) is 36.0 Å². The summed E-state index contributed by atoms with van der Waals surface area (Å²) >= 11 is 0. The first kappa shape index (κ1) is 60.7. The third kappa shape index (κ3) is 17.9. The van der Waals surface area contributed by atoms with Crippen molar-refractivity contribution in [2.45, 2.75) is 252 Å². The number of nitrogens with zero attached hydrogens (tertiary/aromatic N) is 2. The largest absolute Gasteiger partial charge is 0.457 e. The lowest BCUT2D eigenvalue weighted by molar-refractivity contribution is -0.150. The number of piperidine rings is 1. The van der Waals surface area contributed by atoms with E-state index in [2.05, 4.69) is 133 Å². The standard InChI is InChI=1S/C55H104N2O8Si3/c1-17-48(64-67(21-5,22-6)23-7)46(14)53-50(60-53)42-55(15,65-68(24-8,25-9)26-10)36-30-31-44(12)52-45(13)33-35-49(61-54(59)56(16)39-40-57-37-28-27-29-38-57)43(11)32-34-47(41-51(58)62-52)63-66(18-2,19-3)20-4/h30-31,33,35-36,43,45-50,52-53H,17-29,32,34,37-42H2,1-16H3/b35-33-,36-30+,44-31+. The summed E-state index contributed by atoms with van der Waals surface area (Å²) in [5.74, 6) is -0.0840. The molecule has 0 aliphatic carbocycles. The van der Waals surface area contributed by atoms with Crippen molar-refractivity contribution in [3.63, 3.8) is 0 Å². The second-order valence-corrected chi connectivity index (χ2v) is 35.6. The molecule has 13 heteroatoms. The van der Waals surface area contributed by atoms with E-state index in [1.54, 1.807) is 4.90 Å². The highest BCUT2D eigenvalue weighted by atomic mass is 28.4. The number of likely N-dealkylation sites (tertiary alicyclic amines) is 1. The Morgan fingerprint density at radius 1 is 0.868 bits per heavy atom. The summed E-state index contributed by atoms with van der Waals surface area (Å²) < 4.78 is 40.9.